The van der Waals surface area contributed by atoms with Gasteiger partial charge in [-0.05, 0) is 24.3 Å². The molecule has 0 amide bonds. The summed E-state index contributed by atoms with van der Waals surface area (Å²) in [6, 6.07) is 11.6. The molecule has 0 bridgehead atoms. The Morgan fingerprint density at radius 1 is 1.16 bits per heavy atom. The van der Waals surface area contributed by atoms with Gasteiger partial charge in [0.1, 0.15) is 5.75 Å². The third kappa shape index (κ3) is 2.86. The maximum absolute atomic E-state index is 11.7. The highest BCUT2D eigenvalue weighted by molar-refractivity contribution is 5.91. The van der Waals surface area contributed by atoms with E-state index in [2.05, 4.69) is 0 Å². The molecule has 0 heterocycles. The Labute approximate surface area is 108 Å². The smallest absolute Gasteiger partial charge is 0.343 e. The fourth-order valence-corrected chi connectivity index (χ4v) is 1.45. The first-order chi connectivity index (χ1) is 9.08. The number of nitro benzene ring substituents is 1. The number of esters is 1. The summed E-state index contributed by atoms with van der Waals surface area (Å²) in [5.74, 6) is -1.11. The van der Waals surface area contributed by atoms with Gasteiger partial charge < -0.3 is 9.84 Å². The molecule has 0 radical (unpaired) electrons. The van der Waals surface area contributed by atoms with E-state index >= 15 is 0 Å². The Morgan fingerprint density at radius 2 is 1.84 bits per heavy atom. The van der Waals surface area contributed by atoms with E-state index in [1.54, 1.807) is 30.3 Å². The second-order valence-corrected chi connectivity index (χ2v) is 3.66. The molecule has 0 aliphatic carbocycles. The zero-order chi connectivity index (χ0) is 13.8. The topological polar surface area (TPSA) is 89.7 Å². The van der Waals surface area contributed by atoms with Crippen LogP contribution in [0.3, 0.4) is 0 Å². The Bertz CT molecular complexity index is 624. The molecule has 0 unspecified atom stereocenters. The van der Waals surface area contributed by atoms with Crippen LogP contribution >= 0.6 is 0 Å². The van der Waals surface area contributed by atoms with Gasteiger partial charge in [-0.15, -0.1) is 0 Å². The Kier molecular flexibility index (Phi) is 3.42. The van der Waals surface area contributed by atoms with Gasteiger partial charge in [-0.25, -0.2) is 4.79 Å². The van der Waals surface area contributed by atoms with E-state index in [-0.39, 0.29) is 5.75 Å². The molecule has 2 aromatic carbocycles. The van der Waals surface area contributed by atoms with Crippen LogP contribution in [0, 0.1) is 10.1 Å². The molecule has 96 valence electrons. The van der Waals surface area contributed by atoms with Gasteiger partial charge in [-0.2, -0.15) is 0 Å². The second-order valence-electron chi connectivity index (χ2n) is 3.66. The Morgan fingerprint density at radius 3 is 2.47 bits per heavy atom. The minimum Gasteiger partial charge on any atom is -0.502 e. The number of aromatic hydroxyl groups is 1. The molecule has 6 heteroatoms. The minimum atomic E-state index is -0.755. The molecule has 0 fully saturated rings. The van der Waals surface area contributed by atoms with Gasteiger partial charge in [0.05, 0.1) is 16.6 Å². The highest BCUT2D eigenvalue weighted by Crippen LogP contribution is 2.30. The van der Waals surface area contributed by atoms with Crippen molar-refractivity contribution in [3.8, 4) is 11.5 Å². The second kappa shape index (κ2) is 5.18. The third-order valence-corrected chi connectivity index (χ3v) is 2.36. The Balaban J connectivity index is 2.23. The van der Waals surface area contributed by atoms with Gasteiger partial charge in [0.2, 0.25) is 0 Å². The summed E-state index contributed by atoms with van der Waals surface area (Å²) in [5.41, 5.74) is -0.184. The van der Waals surface area contributed by atoms with Gasteiger partial charge in [0, 0.05) is 0 Å². The molecule has 0 aromatic heterocycles. The van der Waals surface area contributed by atoms with Crippen LogP contribution in [0.4, 0.5) is 5.69 Å². The first kappa shape index (κ1) is 12.6. The van der Waals surface area contributed by atoms with Crippen LogP contribution in [-0.4, -0.2) is 16.0 Å². The molecule has 19 heavy (non-hydrogen) atoms. The molecule has 0 atom stereocenters. The minimum absolute atomic E-state index is 0.00152. The number of carbonyl (C=O) groups is 1. The van der Waals surface area contributed by atoms with Crippen LogP contribution in [0.5, 0.6) is 11.5 Å². The molecule has 0 saturated carbocycles. The molecular weight excluding hydrogens is 250 g/mol. The van der Waals surface area contributed by atoms with Crippen LogP contribution in [0.1, 0.15) is 10.4 Å². The van der Waals surface area contributed by atoms with Gasteiger partial charge in [-0.1, -0.05) is 18.2 Å². The summed E-state index contributed by atoms with van der Waals surface area (Å²) in [7, 11) is 0. The highest BCUT2D eigenvalue weighted by Gasteiger charge is 2.16. The van der Waals surface area contributed by atoms with E-state index in [1.165, 1.54) is 6.07 Å². The van der Waals surface area contributed by atoms with Crippen molar-refractivity contribution in [1.29, 1.82) is 0 Å². The summed E-state index contributed by atoms with van der Waals surface area (Å²) in [6.07, 6.45) is 0. The first-order valence-electron chi connectivity index (χ1n) is 5.32. The predicted molar refractivity (Wildman–Crippen MR) is 66.2 cm³/mol. The summed E-state index contributed by atoms with van der Waals surface area (Å²) in [6.45, 7) is 0. The lowest BCUT2D eigenvalue weighted by Crippen LogP contribution is -2.08. The van der Waals surface area contributed by atoms with Crippen molar-refractivity contribution in [3.05, 3.63) is 64.2 Å². The number of nitro groups is 1. The molecule has 0 aliphatic rings. The van der Waals surface area contributed by atoms with E-state index < -0.39 is 22.3 Å². The Hall–Kier alpha value is -2.89. The molecule has 2 aromatic rings. The molecule has 0 aliphatic heterocycles. The number of hydrogen-bond acceptors (Lipinski definition) is 5. The maximum atomic E-state index is 11.7. The number of phenols is 1. The average molecular weight is 259 g/mol. The van der Waals surface area contributed by atoms with Gasteiger partial charge in [-0.3, -0.25) is 10.1 Å². The highest BCUT2D eigenvalue weighted by atomic mass is 16.6. The lowest BCUT2D eigenvalue weighted by atomic mass is 10.2. The largest absolute Gasteiger partial charge is 0.502 e. The number of rotatable bonds is 3. The van der Waals surface area contributed by atoms with Crippen molar-refractivity contribution in [3.63, 3.8) is 0 Å². The van der Waals surface area contributed by atoms with Crippen LogP contribution in [0.15, 0.2) is 48.5 Å². The number of phenolic OH excluding ortho intramolecular Hbond substituents is 1. The quantitative estimate of drug-likeness (QED) is 0.396. The lowest BCUT2D eigenvalue weighted by molar-refractivity contribution is -0.385. The first-order valence-corrected chi connectivity index (χ1v) is 5.32. The van der Waals surface area contributed by atoms with Crippen LogP contribution in [0.25, 0.3) is 0 Å². The summed E-state index contributed by atoms with van der Waals surface area (Å²) in [5, 5.41) is 19.9. The fraction of sp³-hybridized carbons (Fsp3) is 0. The van der Waals surface area contributed by atoms with Gasteiger partial charge >= 0.3 is 11.7 Å². The zero-order valence-corrected chi connectivity index (χ0v) is 9.65. The summed E-state index contributed by atoms with van der Waals surface area (Å²) in [4.78, 5) is 21.6. The van der Waals surface area contributed by atoms with E-state index in [1.807, 2.05) is 0 Å². The monoisotopic (exact) mass is 259 g/mol. The number of carbonyl (C=O) groups excluding carboxylic acids is 1. The van der Waals surface area contributed by atoms with Crippen LogP contribution in [0.2, 0.25) is 0 Å². The molecule has 6 nitrogen and oxygen atoms in total. The van der Waals surface area contributed by atoms with E-state index in [9.17, 15) is 20.0 Å². The number of benzene rings is 2. The van der Waals surface area contributed by atoms with Crippen molar-refractivity contribution in [2.24, 2.45) is 0 Å². The van der Waals surface area contributed by atoms with Crippen molar-refractivity contribution < 1.29 is 19.6 Å². The standard InChI is InChI=1S/C13H9NO5/c15-12-7-6-10(8-11(12)14(17)18)19-13(16)9-4-2-1-3-5-9/h1-8,15H. The zero-order valence-electron chi connectivity index (χ0n) is 9.65. The summed E-state index contributed by atoms with van der Waals surface area (Å²) < 4.78 is 4.99. The van der Waals surface area contributed by atoms with Gasteiger partial charge in [0.25, 0.3) is 0 Å². The normalized spacial score (nSPS) is 9.89. The molecule has 0 spiro atoms. The molecular formula is C13H9NO5. The molecule has 1 N–H and O–H groups in total. The fourth-order valence-electron chi connectivity index (χ4n) is 1.45. The predicted octanol–water partition coefficient (Wildman–Crippen LogP) is 2.52. The molecule has 2 rings (SSSR count). The maximum Gasteiger partial charge on any atom is 0.343 e. The van der Waals surface area contributed by atoms with E-state index in [0.29, 0.717) is 5.56 Å². The lowest BCUT2D eigenvalue weighted by Gasteiger charge is -2.04. The van der Waals surface area contributed by atoms with Gasteiger partial charge in [0.15, 0.2) is 5.75 Å². The van der Waals surface area contributed by atoms with E-state index in [0.717, 1.165) is 12.1 Å². The van der Waals surface area contributed by atoms with Crippen molar-refractivity contribution in [1.82, 2.24) is 0 Å². The average Bonchev–Trinajstić information content (AvgIpc) is 2.41. The summed E-state index contributed by atoms with van der Waals surface area (Å²) >= 11 is 0. The van der Waals surface area contributed by atoms with Crippen LogP contribution in [-0.2, 0) is 0 Å². The van der Waals surface area contributed by atoms with Crippen molar-refractivity contribution in [2.75, 3.05) is 0 Å². The van der Waals surface area contributed by atoms with E-state index in [4.69, 9.17) is 4.74 Å². The SMILES string of the molecule is O=C(Oc1ccc(O)c([N+](=O)[O-])c1)c1ccccc1. The van der Waals surface area contributed by atoms with Crippen molar-refractivity contribution in [2.45, 2.75) is 0 Å². The number of ether oxygens (including phenoxy) is 1. The third-order valence-electron chi connectivity index (χ3n) is 2.36. The van der Waals surface area contributed by atoms with Crippen molar-refractivity contribution >= 4 is 11.7 Å². The number of nitrogens with zero attached hydrogens (tertiary/aromatic N) is 1. The number of hydrogen-bond donors (Lipinski definition) is 1. The molecule has 0 saturated heterocycles. The van der Waals surface area contributed by atoms with Crippen LogP contribution < -0.4 is 4.74 Å².